The fourth-order valence-corrected chi connectivity index (χ4v) is 2.98. The molecule has 120 valence electrons. The van der Waals surface area contributed by atoms with E-state index in [4.69, 9.17) is 4.42 Å². The molecular formula is C17H17BrN2O3. The highest BCUT2D eigenvalue weighted by Crippen LogP contribution is 2.29. The molecule has 23 heavy (non-hydrogen) atoms. The van der Waals surface area contributed by atoms with Gasteiger partial charge in [0.05, 0.1) is 18.7 Å². The summed E-state index contributed by atoms with van der Waals surface area (Å²) in [7, 11) is 0. The van der Waals surface area contributed by atoms with Gasteiger partial charge in [0.15, 0.2) is 0 Å². The number of aryl methyl sites for hydroxylation is 1. The van der Waals surface area contributed by atoms with Crippen molar-refractivity contribution < 1.29 is 14.0 Å². The zero-order chi connectivity index (χ0) is 16.4. The highest BCUT2D eigenvalue weighted by atomic mass is 79.9. The van der Waals surface area contributed by atoms with Crippen molar-refractivity contribution in [2.24, 2.45) is 5.92 Å². The zero-order valence-corrected chi connectivity index (χ0v) is 14.3. The second-order valence-electron chi connectivity index (χ2n) is 5.64. The number of amides is 2. The molecule has 6 heteroatoms. The molecule has 0 radical (unpaired) electrons. The Hall–Kier alpha value is -2.08. The van der Waals surface area contributed by atoms with E-state index in [0.29, 0.717) is 18.8 Å². The average Bonchev–Trinajstić information content (AvgIpc) is 3.17. The molecule has 2 aromatic rings. The quantitative estimate of drug-likeness (QED) is 0.891. The fourth-order valence-electron chi connectivity index (χ4n) is 2.61. The van der Waals surface area contributed by atoms with Gasteiger partial charge in [0.1, 0.15) is 5.76 Å². The van der Waals surface area contributed by atoms with Crippen LogP contribution in [-0.4, -0.2) is 18.4 Å². The van der Waals surface area contributed by atoms with E-state index in [2.05, 4.69) is 21.2 Å². The molecule has 1 atom stereocenters. The van der Waals surface area contributed by atoms with Gasteiger partial charge in [-0.1, -0.05) is 22.0 Å². The van der Waals surface area contributed by atoms with Gasteiger partial charge >= 0.3 is 0 Å². The summed E-state index contributed by atoms with van der Waals surface area (Å²) in [5, 5.41) is 2.82. The molecule has 1 N–H and O–H groups in total. The third kappa shape index (κ3) is 3.47. The Balaban J connectivity index is 1.64. The highest BCUT2D eigenvalue weighted by Gasteiger charge is 2.35. The molecule has 1 aliphatic heterocycles. The number of carbonyl (C=O) groups excluding carboxylic acids is 2. The zero-order valence-electron chi connectivity index (χ0n) is 12.7. The SMILES string of the molecule is Cc1ccc(N2CC(C(=O)NCc3ccco3)CC2=O)cc1Br. The van der Waals surface area contributed by atoms with Crippen LogP contribution in [0, 0.1) is 12.8 Å². The van der Waals surface area contributed by atoms with Gasteiger partial charge in [-0.2, -0.15) is 0 Å². The third-order valence-electron chi connectivity index (χ3n) is 3.98. The predicted octanol–water partition coefficient (Wildman–Crippen LogP) is 3.02. The molecule has 1 fully saturated rings. The fraction of sp³-hybridized carbons (Fsp3) is 0.294. The van der Waals surface area contributed by atoms with E-state index >= 15 is 0 Å². The Labute approximate surface area is 142 Å². The lowest BCUT2D eigenvalue weighted by Crippen LogP contribution is -2.32. The molecule has 1 saturated heterocycles. The van der Waals surface area contributed by atoms with Gasteiger partial charge in [-0.3, -0.25) is 9.59 Å². The van der Waals surface area contributed by atoms with Crippen molar-refractivity contribution in [3.63, 3.8) is 0 Å². The third-order valence-corrected chi connectivity index (χ3v) is 4.83. The van der Waals surface area contributed by atoms with Crippen molar-refractivity contribution in [3.8, 4) is 0 Å². The summed E-state index contributed by atoms with van der Waals surface area (Å²) in [5.74, 6) is 0.210. The second-order valence-corrected chi connectivity index (χ2v) is 6.49. The van der Waals surface area contributed by atoms with E-state index in [-0.39, 0.29) is 24.2 Å². The number of hydrogen-bond donors (Lipinski definition) is 1. The molecule has 2 amide bonds. The Morgan fingerprint density at radius 3 is 2.96 bits per heavy atom. The highest BCUT2D eigenvalue weighted by molar-refractivity contribution is 9.10. The minimum absolute atomic E-state index is 0.0288. The molecule has 1 aliphatic rings. The van der Waals surface area contributed by atoms with Crippen LogP contribution in [0.4, 0.5) is 5.69 Å². The topological polar surface area (TPSA) is 62.6 Å². The lowest BCUT2D eigenvalue weighted by molar-refractivity contribution is -0.126. The van der Waals surface area contributed by atoms with Crippen molar-refractivity contribution in [3.05, 3.63) is 52.4 Å². The smallest absolute Gasteiger partial charge is 0.227 e. The minimum Gasteiger partial charge on any atom is -0.467 e. The van der Waals surface area contributed by atoms with E-state index in [1.165, 1.54) is 0 Å². The number of nitrogens with zero attached hydrogens (tertiary/aromatic N) is 1. The van der Waals surface area contributed by atoms with Gasteiger partial charge in [-0.15, -0.1) is 0 Å². The van der Waals surface area contributed by atoms with Crippen molar-refractivity contribution >= 4 is 33.4 Å². The maximum Gasteiger partial charge on any atom is 0.227 e. The van der Waals surface area contributed by atoms with Crippen LogP contribution in [-0.2, 0) is 16.1 Å². The van der Waals surface area contributed by atoms with Crippen LogP contribution in [0.3, 0.4) is 0 Å². The van der Waals surface area contributed by atoms with Crippen LogP contribution in [0.2, 0.25) is 0 Å². The first-order valence-corrected chi connectivity index (χ1v) is 8.20. The van der Waals surface area contributed by atoms with Crippen molar-refractivity contribution in [2.75, 3.05) is 11.4 Å². The van der Waals surface area contributed by atoms with Crippen molar-refractivity contribution in [1.82, 2.24) is 5.32 Å². The average molecular weight is 377 g/mol. The monoisotopic (exact) mass is 376 g/mol. The summed E-state index contributed by atoms with van der Waals surface area (Å²) < 4.78 is 6.14. The molecule has 1 unspecified atom stereocenters. The summed E-state index contributed by atoms with van der Waals surface area (Å²) in [4.78, 5) is 26.1. The van der Waals surface area contributed by atoms with Gasteiger partial charge in [0.2, 0.25) is 11.8 Å². The number of carbonyl (C=O) groups is 2. The summed E-state index contributed by atoms with van der Waals surface area (Å²) in [6.07, 6.45) is 1.80. The van der Waals surface area contributed by atoms with Crippen molar-refractivity contribution in [2.45, 2.75) is 19.9 Å². The molecule has 0 bridgehead atoms. The van der Waals surface area contributed by atoms with Crippen molar-refractivity contribution in [1.29, 1.82) is 0 Å². The summed E-state index contributed by atoms with van der Waals surface area (Å²) in [5.41, 5.74) is 1.92. The molecule has 1 aromatic heterocycles. The summed E-state index contributed by atoms with van der Waals surface area (Å²) in [6.45, 7) is 2.73. The number of benzene rings is 1. The largest absolute Gasteiger partial charge is 0.467 e. The Morgan fingerprint density at radius 1 is 1.43 bits per heavy atom. The maximum atomic E-state index is 12.2. The number of nitrogens with one attached hydrogen (secondary N) is 1. The van der Waals surface area contributed by atoms with Gasteiger partial charge in [-0.05, 0) is 36.8 Å². The van der Waals surface area contributed by atoms with Crippen LogP contribution in [0.15, 0.2) is 45.5 Å². The predicted molar refractivity (Wildman–Crippen MR) is 89.9 cm³/mol. The molecule has 2 heterocycles. The van der Waals surface area contributed by atoms with E-state index in [0.717, 1.165) is 15.7 Å². The molecule has 0 saturated carbocycles. The van der Waals surface area contributed by atoms with E-state index < -0.39 is 0 Å². The molecule has 0 aliphatic carbocycles. The minimum atomic E-state index is -0.336. The van der Waals surface area contributed by atoms with Gasteiger partial charge in [-0.25, -0.2) is 0 Å². The Morgan fingerprint density at radius 2 is 2.26 bits per heavy atom. The van der Waals surface area contributed by atoms with Gasteiger partial charge in [0, 0.05) is 23.1 Å². The summed E-state index contributed by atoms with van der Waals surface area (Å²) in [6, 6.07) is 9.35. The van der Waals surface area contributed by atoms with E-state index in [9.17, 15) is 9.59 Å². The Kier molecular flexibility index (Phi) is 4.52. The molecular weight excluding hydrogens is 360 g/mol. The molecule has 5 nitrogen and oxygen atoms in total. The lowest BCUT2D eigenvalue weighted by atomic mass is 10.1. The van der Waals surface area contributed by atoms with Crippen LogP contribution in [0.5, 0.6) is 0 Å². The standard InChI is InChI=1S/C17H17BrN2O3/c1-11-4-5-13(8-15(11)18)20-10-12(7-16(20)21)17(22)19-9-14-3-2-6-23-14/h2-6,8,12H,7,9-10H2,1H3,(H,19,22). The number of furan rings is 1. The molecule has 0 spiro atoms. The number of hydrogen-bond acceptors (Lipinski definition) is 3. The van der Waals surface area contributed by atoms with E-state index in [1.807, 2.05) is 25.1 Å². The summed E-state index contributed by atoms with van der Waals surface area (Å²) >= 11 is 3.48. The first-order chi connectivity index (χ1) is 11.0. The molecule has 1 aromatic carbocycles. The number of halogens is 1. The number of rotatable bonds is 4. The van der Waals surface area contributed by atoms with Crippen LogP contribution in [0.25, 0.3) is 0 Å². The number of anilines is 1. The lowest BCUT2D eigenvalue weighted by Gasteiger charge is -2.17. The molecule has 3 rings (SSSR count). The van der Waals surface area contributed by atoms with Gasteiger partial charge < -0.3 is 14.6 Å². The Bertz CT molecular complexity index is 727. The second kappa shape index (κ2) is 6.58. The first kappa shape index (κ1) is 15.8. The first-order valence-electron chi connectivity index (χ1n) is 7.41. The van der Waals surface area contributed by atoms with Crippen LogP contribution >= 0.6 is 15.9 Å². The van der Waals surface area contributed by atoms with Crippen LogP contribution < -0.4 is 10.2 Å². The van der Waals surface area contributed by atoms with Crippen LogP contribution in [0.1, 0.15) is 17.7 Å². The van der Waals surface area contributed by atoms with E-state index in [1.54, 1.807) is 23.3 Å². The van der Waals surface area contributed by atoms with Gasteiger partial charge in [0.25, 0.3) is 0 Å². The maximum absolute atomic E-state index is 12.2. The normalized spacial score (nSPS) is 17.6.